The molecule has 140 valence electrons. The van der Waals surface area contributed by atoms with Gasteiger partial charge in [0.05, 0.1) is 12.1 Å². The Morgan fingerprint density at radius 2 is 1.81 bits per heavy atom. The standard InChI is InChI=1S/C23H34N3/c1-18(2)25-15-22(19-11-7-6-8-12-19)26(17-25)21-14-10-9-13-20(21)24-16-23(3,4)5/h6-8,11-12,15-18,20-21H,9-10,13-14H2,1-5H3/q+1/t20-,21-/m1/s1. The average molecular weight is 353 g/mol. The third kappa shape index (κ3) is 4.44. The minimum atomic E-state index is 0.138. The van der Waals surface area contributed by atoms with Crippen LogP contribution in [0.25, 0.3) is 11.3 Å². The predicted octanol–water partition coefficient (Wildman–Crippen LogP) is 5.62. The highest BCUT2D eigenvalue weighted by molar-refractivity contribution is 5.64. The van der Waals surface area contributed by atoms with Crippen molar-refractivity contribution in [3.05, 3.63) is 42.9 Å². The van der Waals surface area contributed by atoms with Crippen molar-refractivity contribution in [3.8, 4) is 11.3 Å². The number of hydrogen-bond donors (Lipinski definition) is 0. The van der Waals surface area contributed by atoms with Crippen molar-refractivity contribution >= 4 is 6.21 Å². The van der Waals surface area contributed by atoms with E-state index in [0.717, 1.165) is 0 Å². The minimum Gasteiger partial charge on any atom is -0.289 e. The third-order valence-electron chi connectivity index (χ3n) is 5.18. The summed E-state index contributed by atoms with van der Waals surface area (Å²) in [6, 6.07) is 12.0. The molecule has 0 bridgehead atoms. The fourth-order valence-electron chi connectivity index (χ4n) is 3.74. The smallest absolute Gasteiger partial charge is 0.244 e. The van der Waals surface area contributed by atoms with E-state index >= 15 is 0 Å². The van der Waals surface area contributed by atoms with Gasteiger partial charge in [-0.1, -0.05) is 57.5 Å². The van der Waals surface area contributed by atoms with Crippen molar-refractivity contribution in [2.45, 2.75) is 78.4 Å². The summed E-state index contributed by atoms with van der Waals surface area (Å²) in [5, 5.41) is 0. The second-order valence-corrected chi connectivity index (χ2v) is 9.01. The van der Waals surface area contributed by atoms with Crippen molar-refractivity contribution in [2.24, 2.45) is 10.4 Å². The maximum Gasteiger partial charge on any atom is 0.244 e. The Morgan fingerprint density at radius 1 is 1.12 bits per heavy atom. The zero-order valence-electron chi connectivity index (χ0n) is 17.0. The highest BCUT2D eigenvalue weighted by Crippen LogP contribution is 2.34. The molecule has 2 aromatic rings. The molecule has 0 spiro atoms. The molecule has 1 aliphatic carbocycles. The molecule has 3 nitrogen and oxygen atoms in total. The van der Waals surface area contributed by atoms with Crippen molar-refractivity contribution in [1.29, 1.82) is 0 Å². The summed E-state index contributed by atoms with van der Waals surface area (Å²) in [6.45, 7) is 11.2. The number of nitrogens with zero attached hydrogens (tertiary/aromatic N) is 3. The van der Waals surface area contributed by atoms with E-state index in [1.54, 1.807) is 0 Å². The molecule has 3 heteroatoms. The number of benzene rings is 1. The fraction of sp³-hybridized carbons (Fsp3) is 0.565. The summed E-state index contributed by atoms with van der Waals surface area (Å²) in [6.07, 6.45) is 11.7. The largest absolute Gasteiger partial charge is 0.289 e. The van der Waals surface area contributed by atoms with E-state index in [0.29, 0.717) is 18.1 Å². The normalized spacial score (nSPS) is 21.6. The highest BCUT2D eigenvalue weighted by atomic mass is 15.2. The van der Waals surface area contributed by atoms with Crippen LogP contribution in [0.2, 0.25) is 0 Å². The van der Waals surface area contributed by atoms with Crippen LogP contribution in [0.5, 0.6) is 0 Å². The summed E-state index contributed by atoms with van der Waals surface area (Å²) in [5.74, 6) is 0. The summed E-state index contributed by atoms with van der Waals surface area (Å²) in [4.78, 5) is 5.05. The van der Waals surface area contributed by atoms with Crippen LogP contribution >= 0.6 is 0 Å². The highest BCUT2D eigenvalue weighted by Gasteiger charge is 2.33. The molecule has 1 heterocycles. The molecular weight excluding hydrogens is 318 g/mol. The van der Waals surface area contributed by atoms with E-state index in [-0.39, 0.29) is 5.41 Å². The van der Waals surface area contributed by atoms with Crippen LogP contribution in [0, 0.1) is 5.41 Å². The first-order chi connectivity index (χ1) is 12.3. The molecule has 0 aliphatic heterocycles. The second-order valence-electron chi connectivity index (χ2n) is 9.01. The van der Waals surface area contributed by atoms with Gasteiger partial charge in [0.2, 0.25) is 6.33 Å². The lowest BCUT2D eigenvalue weighted by atomic mass is 9.89. The van der Waals surface area contributed by atoms with Gasteiger partial charge in [-0.15, -0.1) is 0 Å². The van der Waals surface area contributed by atoms with E-state index < -0.39 is 0 Å². The molecule has 3 rings (SSSR count). The van der Waals surface area contributed by atoms with Crippen molar-refractivity contribution < 1.29 is 4.57 Å². The number of rotatable bonds is 4. The van der Waals surface area contributed by atoms with Gasteiger partial charge in [0, 0.05) is 11.8 Å². The Kier molecular flexibility index (Phi) is 5.64. The SMILES string of the molecule is CC(C)[n+]1cc(-c2ccccc2)n([C@@H]2CCCC[C@H]2N=CC(C)(C)C)c1. The van der Waals surface area contributed by atoms with Gasteiger partial charge in [0.1, 0.15) is 12.2 Å². The molecule has 0 radical (unpaired) electrons. The van der Waals surface area contributed by atoms with Crippen LogP contribution in [0.3, 0.4) is 0 Å². The van der Waals surface area contributed by atoms with E-state index in [2.05, 4.69) is 92.8 Å². The molecular formula is C23H34N3+. The lowest BCUT2D eigenvalue weighted by Gasteiger charge is -2.28. The Labute approximate surface area is 158 Å². The zero-order chi connectivity index (χ0) is 18.7. The van der Waals surface area contributed by atoms with Crippen LogP contribution in [0.1, 0.15) is 72.4 Å². The van der Waals surface area contributed by atoms with Crippen LogP contribution in [-0.2, 0) is 0 Å². The van der Waals surface area contributed by atoms with Crippen LogP contribution < -0.4 is 4.57 Å². The van der Waals surface area contributed by atoms with Gasteiger partial charge in [-0.2, -0.15) is 0 Å². The lowest BCUT2D eigenvalue weighted by molar-refractivity contribution is -0.715. The summed E-state index contributed by atoms with van der Waals surface area (Å²) >= 11 is 0. The maximum atomic E-state index is 5.05. The summed E-state index contributed by atoms with van der Waals surface area (Å²) in [7, 11) is 0. The molecule has 0 amide bonds. The molecule has 1 aromatic carbocycles. The Morgan fingerprint density at radius 3 is 2.46 bits per heavy atom. The summed E-state index contributed by atoms with van der Waals surface area (Å²) < 4.78 is 4.83. The van der Waals surface area contributed by atoms with Gasteiger partial charge >= 0.3 is 0 Å². The molecule has 1 fully saturated rings. The lowest BCUT2D eigenvalue weighted by Crippen LogP contribution is -2.34. The van der Waals surface area contributed by atoms with Crippen LogP contribution in [-0.4, -0.2) is 16.8 Å². The van der Waals surface area contributed by atoms with Crippen molar-refractivity contribution in [3.63, 3.8) is 0 Å². The molecule has 0 unspecified atom stereocenters. The van der Waals surface area contributed by atoms with Gasteiger partial charge in [-0.3, -0.25) is 4.99 Å². The Hall–Kier alpha value is -1.90. The van der Waals surface area contributed by atoms with E-state index in [1.165, 1.54) is 36.9 Å². The number of aliphatic imine (C=N–C) groups is 1. The van der Waals surface area contributed by atoms with E-state index in [1.807, 2.05) is 0 Å². The number of hydrogen-bond acceptors (Lipinski definition) is 1. The van der Waals surface area contributed by atoms with Crippen LogP contribution in [0.15, 0.2) is 47.8 Å². The van der Waals surface area contributed by atoms with Gasteiger partial charge in [-0.05, 0) is 38.5 Å². The molecule has 26 heavy (non-hydrogen) atoms. The van der Waals surface area contributed by atoms with Crippen molar-refractivity contribution in [2.75, 3.05) is 0 Å². The Balaban J connectivity index is 2.01. The maximum absolute atomic E-state index is 5.05. The second kappa shape index (κ2) is 7.77. The quantitative estimate of drug-likeness (QED) is 0.503. The predicted molar refractivity (Wildman–Crippen MR) is 110 cm³/mol. The topological polar surface area (TPSA) is 21.2 Å². The molecule has 0 N–H and O–H groups in total. The van der Waals surface area contributed by atoms with Crippen LogP contribution in [0.4, 0.5) is 0 Å². The first-order valence-corrected chi connectivity index (χ1v) is 10.1. The Bertz CT molecular complexity index is 735. The molecule has 0 saturated heterocycles. The van der Waals surface area contributed by atoms with Gasteiger partial charge < -0.3 is 0 Å². The average Bonchev–Trinajstić information content (AvgIpc) is 3.06. The minimum absolute atomic E-state index is 0.138. The molecule has 1 aromatic heterocycles. The zero-order valence-corrected chi connectivity index (χ0v) is 17.0. The molecule has 1 aliphatic rings. The first-order valence-electron chi connectivity index (χ1n) is 10.1. The van der Waals surface area contributed by atoms with Crippen molar-refractivity contribution in [1.82, 2.24) is 4.57 Å². The molecule has 2 atom stereocenters. The number of imidazole rings is 1. The first kappa shape index (κ1) is 18.9. The fourth-order valence-corrected chi connectivity index (χ4v) is 3.74. The third-order valence-corrected chi connectivity index (χ3v) is 5.18. The van der Waals surface area contributed by atoms with Gasteiger partial charge in [-0.25, -0.2) is 9.13 Å². The van der Waals surface area contributed by atoms with E-state index in [9.17, 15) is 0 Å². The van der Waals surface area contributed by atoms with Gasteiger partial charge in [0.15, 0.2) is 5.69 Å². The number of aromatic nitrogens is 2. The molecule has 1 saturated carbocycles. The monoisotopic (exact) mass is 352 g/mol. The van der Waals surface area contributed by atoms with E-state index in [4.69, 9.17) is 4.99 Å². The van der Waals surface area contributed by atoms with Gasteiger partial charge in [0.25, 0.3) is 0 Å². The summed E-state index contributed by atoms with van der Waals surface area (Å²) in [5.41, 5.74) is 2.73.